The Kier molecular flexibility index (Phi) is 4.97. The second-order valence-electron chi connectivity index (χ2n) is 6.83. The lowest BCUT2D eigenvalue weighted by molar-refractivity contribution is 0.0953. The number of aryl methyl sites for hydroxylation is 1. The summed E-state index contributed by atoms with van der Waals surface area (Å²) in [5, 5.41) is 8.32. The number of allylic oxidation sites excluding steroid dienone is 1. The predicted molar refractivity (Wildman–Crippen MR) is 96.2 cm³/mol. The van der Waals surface area contributed by atoms with E-state index in [9.17, 15) is 4.79 Å². The lowest BCUT2D eigenvalue weighted by Gasteiger charge is -2.13. The van der Waals surface area contributed by atoms with Gasteiger partial charge in [-0.15, -0.1) is 0 Å². The number of rotatable bonds is 5. The molecule has 5 nitrogen and oxygen atoms in total. The SMILES string of the molecule is Cc1nc2c(cnn2C(C)C)cc1C(=O)NCCC1=CCCCC1. The molecule has 1 aliphatic rings. The van der Waals surface area contributed by atoms with Gasteiger partial charge in [-0.3, -0.25) is 4.79 Å². The highest BCUT2D eigenvalue weighted by Crippen LogP contribution is 2.21. The summed E-state index contributed by atoms with van der Waals surface area (Å²) in [4.78, 5) is 17.1. The molecule has 2 aromatic heterocycles. The smallest absolute Gasteiger partial charge is 0.253 e. The number of fused-ring (bicyclic) bond motifs is 1. The number of nitrogens with zero attached hydrogens (tertiary/aromatic N) is 3. The van der Waals surface area contributed by atoms with Crippen molar-refractivity contribution in [1.29, 1.82) is 0 Å². The van der Waals surface area contributed by atoms with Crippen molar-refractivity contribution >= 4 is 16.9 Å². The average Bonchev–Trinajstić information content (AvgIpc) is 2.98. The number of pyridine rings is 1. The molecule has 0 radical (unpaired) electrons. The number of carbonyl (C=O) groups excluding carboxylic acids is 1. The Bertz CT molecular complexity index is 773. The van der Waals surface area contributed by atoms with Gasteiger partial charge in [0.15, 0.2) is 5.65 Å². The van der Waals surface area contributed by atoms with E-state index in [1.165, 1.54) is 31.3 Å². The molecule has 0 bridgehead atoms. The van der Waals surface area contributed by atoms with E-state index in [0.717, 1.165) is 23.1 Å². The molecular weight excluding hydrogens is 300 g/mol. The number of amides is 1. The van der Waals surface area contributed by atoms with Crippen LogP contribution in [-0.4, -0.2) is 27.2 Å². The van der Waals surface area contributed by atoms with E-state index in [2.05, 4.69) is 35.3 Å². The van der Waals surface area contributed by atoms with Crippen molar-refractivity contribution in [3.63, 3.8) is 0 Å². The summed E-state index contributed by atoms with van der Waals surface area (Å²) in [5.41, 5.74) is 3.71. The van der Waals surface area contributed by atoms with Crippen LogP contribution in [0, 0.1) is 6.92 Å². The standard InChI is InChI=1S/C19H26N4O/c1-13(2)23-18-16(12-21-23)11-17(14(3)22-18)19(24)20-10-9-15-7-5-4-6-8-15/h7,11-13H,4-6,8-10H2,1-3H3,(H,20,24). The van der Waals surface area contributed by atoms with Gasteiger partial charge in [0.25, 0.3) is 5.91 Å². The normalized spacial score (nSPS) is 14.9. The van der Waals surface area contributed by atoms with Crippen LogP contribution in [0.2, 0.25) is 0 Å². The number of hydrogen-bond acceptors (Lipinski definition) is 3. The largest absolute Gasteiger partial charge is 0.352 e. The fourth-order valence-corrected chi connectivity index (χ4v) is 3.24. The summed E-state index contributed by atoms with van der Waals surface area (Å²) < 4.78 is 1.89. The first-order valence-electron chi connectivity index (χ1n) is 8.87. The highest BCUT2D eigenvalue weighted by Gasteiger charge is 2.15. The van der Waals surface area contributed by atoms with Crippen LogP contribution in [0.3, 0.4) is 0 Å². The van der Waals surface area contributed by atoms with Gasteiger partial charge in [0.1, 0.15) is 0 Å². The van der Waals surface area contributed by atoms with Gasteiger partial charge < -0.3 is 5.32 Å². The first kappa shape index (κ1) is 16.7. The van der Waals surface area contributed by atoms with E-state index in [4.69, 9.17) is 0 Å². The van der Waals surface area contributed by atoms with Crippen LogP contribution in [-0.2, 0) is 0 Å². The van der Waals surface area contributed by atoms with Crippen LogP contribution < -0.4 is 5.32 Å². The zero-order valence-corrected chi connectivity index (χ0v) is 14.8. The third-order valence-electron chi connectivity index (χ3n) is 4.61. The fourth-order valence-electron chi connectivity index (χ4n) is 3.24. The van der Waals surface area contributed by atoms with Gasteiger partial charge in [-0.05, 0) is 58.9 Å². The van der Waals surface area contributed by atoms with Crippen LogP contribution in [0.5, 0.6) is 0 Å². The molecule has 0 atom stereocenters. The maximum atomic E-state index is 12.5. The summed E-state index contributed by atoms with van der Waals surface area (Å²) >= 11 is 0. The third-order valence-corrected chi connectivity index (χ3v) is 4.61. The Morgan fingerprint density at radius 3 is 2.92 bits per heavy atom. The first-order chi connectivity index (χ1) is 11.6. The topological polar surface area (TPSA) is 59.8 Å². The molecular formula is C19H26N4O. The number of aromatic nitrogens is 3. The minimum atomic E-state index is -0.0457. The molecule has 1 amide bonds. The molecule has 2 aromatic rings. The molecule has 1 aliphatic carbocycles. The Morgan fingerprint density at radius 2 is 2.21 bits per heavy atom. The molecule has 5 heteroatoms. The molecule has 0 fully saturated rings. The van der Waals surface area contributed by atoms with Crippen molar-refractivity contribution < 1.29 is 4.79 Å². The van der Waals surface area contributed by atoms with Crippen molar-refractivity contribution in [2.75, 3.05) is 6.54 Å². The highest BCUT2D eigenvalue weighted by molar-refractivity contribution is 5.98. The fraction of sp³-hybridized carbons (Fsp3) is 0.526. The molecule has 0 spiro atoms. The van der Waals surface area contributed by atoms with Gasteiger partial charge >= 0.3 is 0 Å². The average molecular weight is 326 g/mol. The zero-order chi connectivity index (χ0) is 17.1. The predicted octanol–water partition coefficient (Wildman–Crippen LogP) is 3.94. The van der Waals surface area contributed by atoms with Gasteiger partial charge in [0.2, 0.25) is 0 Å². The van der Waals surface area contributed by atoms with E-state index in [-0.39, 0.29) is 11.9 Å². The molecule has 3 rings (SSSR count). The molecule has 1 N–H and O–H groups in total. The third kappa shape index (κ3) is 3.50. The van der Waals surface area contributed by atoms with Gasteiger partial charge in [-0.2, -0.15) is 5.10 Å². The van der Waals surface area contributed by atoms with Crippen molar-refractivity contribution in [3.8, 4) is 0 Å². The van der Waals surface area contributed by atoms with Crippen molar-refractivity contribution in [2.45, 2.75) is 58.9 Å². The maximum Gasteiger partial charge on any atom is 0.253 e. The summed E-state index contributed by atoms with van der Waals surface area (Å²) in [7, 11) is 0. The lowest BCUT2D eigenvalue weighted by atomic mass is 9.97. The molecule has 0 aromatic carbocycles. The Balaban J connectivity index is 1.70. The minimum Gasteiger partial charge on any atom is -0.352 e. The molecule has 0 aliphatic heterocycles. The second-order valence-corrected chi connectivity index (χ2v) is 6.83. The van der Waals surface area contributed by atoms with Crippen molar-refractivity contribution in [1.82, 2.24) is 20.1 Å². The van der Waals surface area contributed by atoms with E-state index < -0.39 is 0 Å². The zero-order valence-electron chi connectivity index (χ0n) is 14.8. The molecule has 24 heavy (non-hydrogen) atoms. The van der Waals surface area contributed by atoms with E-state index in [1.54, 1.807) is 6.20 Å². The molecule has 0 saturated heterocycles. The summed E-state index contributed by atoms with van der Waals surface area (Å²) in [6, 6.07) is 2.15. The van der Waals surface area contributed by atoms with Gasteiger partial charge in [-0.1, -0.05) is 11.6 Å². The number of nitrogens with one attached hydrogen (secondary N) is 1. The van der Waals surface area contributed by atoms with Crippen molar-refractivity contribution in [2.24, 2.45) is 0 Å². The van der Waals surface area contributed by atoms with Crippen LogP contribution >= 0.6 is 0 Å². The summed E-state index contributed by atoms with van der Waals surface area (Å²) in [6.45, 7) is 6.72. The van der Waals surface area contributed by atoms with E-state index in [0.29, 0.717) is 12.1 Å². The first-order valence-corrected chi connectivity index (χ1v) is 8.87. The van der Waals surface area contributed by atoms with Crippen molar-refractivity contribution in [3.05, 3.63) is 35.2 Å². The highest BCUT2D eigenvalue weighted by atomic mass is 16.1. The van der Waals surface area contributed by atoms with Gasteiger partial charge in [-0.25, -0.2) is 9.67 Å². The van der Waals surface area contributed by atoms with Crippen LogP contribution in [0.1, 0.15) is 68.0 Å². The molecule has 128 valence electrons. The molecule has 2 heterocycles. The minimum absolute atomic E-state index is 0.0457. The van der Waals surface area contributed by atoms with Crippen LogP contribution in [0.4, 0.5) is 0 Å². The quantitative estimate of drug-likeness (QED) is 0.847. The molecule has 0 unspecified atom stereocenters. The summed E-state index contributed by atoms with van der Waals surface area (Å²) in [6.07, 6.45) is 10.00. The summed E-state index contributed by atoms with van der Waals surface area (Å²) in [5.74, 6) is -0.0457. The Labute approximate surface area is 143 Å². The number of carbonyl (C=O) groups is 1. The van der Waals surface area contributed by atoms with Gasteiger partial charge in [0.05, 0.1) is 17.5 Å². The van der Waals surface area contributed by atoms with E-state index in [1.807, 2.05) is 17.7 Å². The second kappa shape index (κ2) is 7.16. The Hall–Kier alpha value is -2.17. The van der Waals surface area contributed by atoms with E-state index >= 15 is 0 Å². The van der Waals surface area contributed by atoms with Crippen LogP contribution in [0.25, 0.3) is 11.0 Å². The molecule has 0 saturated carbocycles. The number of hydrogen-bond donors (Lipinski definition) is 1. The lowest BCUT2D eigenvalue weighted by Crippen LogP contribution is -2.26. The monoisotopic (exact) mass is 326 g/mol. The van der Waals surface area contributed by atoms with Crippen LogP contribution in [0.15, 0.2) is 23.9 Å². The van der Waals surface area contributed by atoms with Gasteiger partial charge in [0, 0.05) is 18.0 Å². The Morgan fingerprint density at radius 1 is 1.38 bits per heavy atom. The maximum absolute atomic E-state index is 12.5.